The molecule has 4 unspecified atom stereocenters. The van der Waals surface area contributed by atoms with E-state index in [1.54, 1.807) is 6.92 Å². The van der Waals surface area contributed by atoms with Crippen LogP contribution in [0.5, 0.6) is 0 Å². The van der Waals surface area contributed by atoms with Crippen molar-refractivity contribution in [3.05, 3.63) is 35.9 Å². The van der Waals surface area contributed by atoms with Gasteiger partial charge in [0.15, 0.2) is 0 Å². The molecule has 28 heavy (non-hydrogen) atoms. The molecular weight excluding hydrogens is 360 g/mol. The number of fused-ring (bicyclic) bond motifs is 1. The molecule has 0 aromatic heterocycles. The van der Waals surface area contributed by atoms with Gasteiger partial charge in [-0.05, 0) is 50.5 Å². The van der Waals surface area contributed by atoms with Crippen LogP contribution in [0.25, 0.3) is 0 Å². The summed E-state index contributed by atoms with van der Waals surface area (Å²) in [5.41, 5.74) is 1.04. The van der Waals surface area contributed by atoms with E-state index in [1.165, 1.54) is 4.90 Å². The molecule has 0 spiro atoms. The van der Waals surface area contributed by atoms with Crippen molar-refractivity contribution < 1.29 is 24.6 Å². The molecule has 3 rings (SSSR count). The lowest BCUT2D eigenvalue weighted by Crippen LogP contribution is -2.55. The number of aliphatic carboxylic acids is 2. The number of aryl methyl sites for hydroxylation is 1. The van der Waals surface area contributed by atoms with E-state index in [4.69, 9.17) is 0 Å². The molecule has 1 saturated carbocycles. The summed E-state index contributed by atoms with van der Waals surface area (Å²) in [5, 5.41) is 22.0. The van der Waals surface area contributed by atoms with E-state index in [-0.39, 0.29) is 17.9 Å². The molecule has 1 aromatic rings. The quantitative estimate of drug-likeness (QED) is 0.628. The average molecular weight is 388 g/mol. The number of hydrogen-bond acceptors (Lipinski definition) is 4. The van der Waals surface area contributed by atoms with E-state index in [1.807, 2.05) is 30.3 Å². The Morgan fingerprint density at radius 1 is 1.18 bits per heavy atom. The third-order valence-corrected chi connectivity index (χ3v) is 6.06. The Morgan fingerprint density at radius 2 is 1.89 bits per heavy atom. The zero-order chi connectivity index (χ0) is 20.3. The van der Waals surface area contributed by atoms with Crippen LogP contribution < -0.4 is 5.32 Å². The standard InChI is InChI=1S/C21H28N2O5/c1-13(22-16(20(25)26)11-10-14-6-3-2-4-7-14)19(24)23-17-9-5-8-15(17)12-18(23)21(27)28/h2-4,6-7,13,15-18,22H,5,8-12H2,1H3,(H,25,26)(H,27,28)/t13?,15?,16-,17?,18?/m0/s1. The Hall–Kier alpha value is -2.41. The van der Waals surface area contributed by atoms with Gasteiger partial charge in [0.05, 0.1) is 6.04 Å². The summed E-state index contributed by atoms with van der Waals surface area (Å²) in [5.74, 6) is -2.06. The topological polar surface area (TPSA) is 107 Å². The third-order valence-electron chi connectivity index (χ3n) is 6.06. The van der Waals surface area contributed by atoms with Crippen molar-refractivity contribution in [1.82, 2.24) is 10.2 Å². The minimum absolute atomic E-state index is 0.0366. The van der Waals surface area contributed by atoms with Crippen molar-refractivity contribution in [2.75, 3.05) is 0 Å². The fourth-order valence-electron chi connectivity index (χ4n) is 4.66. The van der Waals surface area contributed by atoms with E-state index in [2.05, 4.69) is 5.32 Å². The van der Waals surface area contributed by atoms with Gasteiger partial charge in [-0.1, -0.05) is 36.8 Å². The van der Waals surface area contributed by atoms with Crippen molar-refractivity contribution in [3.63, 3.8) is 0 Å². The highest BCUT2D eigenvalue weighted by Crippen LogP contribution is 2.41. The molecule has 0 radical (unpaired) electrons. The molecule has 2 fully saturated rings. The van der Waals surface area contributed by atoms with Crippen LogP contribution in [0.15, 0.2) is 30.3 Å². The summed E-state index contributed by atoms with van der Waals surface area (Å²) in [4.78, 5) is 37.9. The maximum absolute atomic E-state index is 13.0. The first-order valence-corrected chi connectivity index (χ1v) is 9.96. The first-order valence-electron chi connectivity index (χ1n) is 9.96. The van der Waals surface area contributed by atoms with Crippen LogP contribution in [-0.2, 0) is 20.8 Å². The Bertz CT molecular complexity index is 723. The number of carboxylic acids is 2. The Labute approximate surface area is 164 Å². The Morgan fingerprint density at radius 3 is 2.54 bits per heavy atom. The van der Waals surface area contributed by atoms with Gasteiger partial charge in [0.2, 0.25) is 5.91 Å². The summed E-state index contributed by atoms with van der Waals surface area (Å²) in [7, 11) is 0. The zero-order valence-electron chi connectivity index (χ0n) is 16.1. The van der Waals surface area contributed by atoms with Gasteiger partial charge in [-0.25, -0.2) is 4.79 Å². The van der Waals surface area contributed by atoms with E-state index < -0.39 is 30.1 Å². The monoisotopic (exact) mass is 388 g/mol. The lowest BCUT2D eigenvalue weighted by molar-refractivity contribution is -0.151. The highest BCUT2D eigenvalue weighted by Gasteiger charge is 2.49. The lowest BCUT2D eigenvalue weighted by Gasteiger charge is -2.31. The predicted octanol–water partition coefficient (Wildman–Crippen LogP) is 1.90. The average Bonchev–Trinajstić information content (AvgIpc) is 3.26. The van der Waals surface area contributed by atoms with Crippen molar-refractivity contribution in [1.29, 1.82) is 0 Å². The maximum atomic E-state index is 13.0. The molecule has 3 N–H and O–H groups in total. The van der Waals surface area contributed by atoms with Gasteiger partial charge in [0, 0.05) is 6.04 Å². The van der Waals surface area contributed by atoms with Crippen LogP contribution in [0, 0.1) is 5.92 Å². The van der Waals surface area contributed by atoms with Crippen LogP contribution in [-0.4, -0.2) is 57.1 Å². The van der Waals surface area contributed by atoms with Gasteiger partial charge >= 0.3 is 11.9 Å². The first kappa shape index (κ1) is 20.3. The van der Waals surface area contributed by atoms with Crippen molar-refractivity contribution in [2.45, 2.75) is 69.6 Å². The van der Waals surface area contributed by atoms with Gasteiger partial charge < -0.3 is 15.1 Å². The molecule has 5 atom stereocenters. The molecule has 1 amide bonds. The van der Waals surface area contributed by atoms with Gasteiger partial charge in [0.1, 0.15) is 12.1 Å². The Balaban J connectivity index is 1.65. The van der Waals surface area contributed by atoms with Crippen LogP contribution in [0.3, 0.4) is 0 Å². The second-order valence-corrected chi connectivity index (χ2v) is 7.90. The minimum Gasteiger partial charge on any atom is -0.480 e. The summed E-state index contributed by atoms with van der Waals surface area (Å²) in [6.07, 6.45) is 4.21. The number of nitrogens with one attached hydrogen (secondary N) is 1. The highest BCUT2D eigenvalue weighted by molar-refractivity contribution is 5.88. The summed E-state index contributed by atoms with van der Waals surface area (Å²) in [6, 6.07) is 7.13. The van der Waals surface area contributed by atoms with Gasteiger partial charge in [0.25, 0.3) is 0 Å². The van der Waals surface area contributed by atoms with Gasteiger partial charge in [-0.2, -0.15) is 0 Å². The first-order chi connectivity index (χ1) is 13.4. The van der Waals surface area contributed by atoms with Crippen LogP contribution in [0.2, 0.25) is 0 Å². The molecule has 152 valence electrons. The molecule has 1 aromatic carbocycles. The van der Waals surface area contributed by atoms with Crippen LogP contribution >= 0.6 is 0 Å². The SMILES string of the molecule is CC(N[C@@H](CCc1ccccc1)C(=O)O)C(=O)N1C(C(=O)O)CC2CCCC21. The molecule has 1 aliphatic heterocycles. The molecule has 7 nitrogen and oxygen atoms in total. The maximum Gasteiger partial charge on any atom is 0.326 e. The molecule has 0 bridgehead atoms. The number of carbonyl (C=O) groups excluding carboxylic acids is 1. The number of amides is 1. The second kappa shape index (κ2) is 8.73. The fraction of sp³-hybridized carbons (Fsp3) is 0.571. The van der Waals surface area contributed by atoms with E-state index in [0.29, 0.717) is 19.3 Å². The lowest BCUT2D eigenvalue weighted by atomic mass is 10.0. The highest BCUT2D eigenvalue weighted by atomic mass is 16.4. The molecular formula is C21H28N2O5. The summed E-state index contributed by atoms with van der Waals surface area (Å²) in [6.45, 7) is 1.63. The van der Waals surface area contributed by atoms with Crippen molar-refractivity contribution in [3.8, 4) is 0 Å². The fourth-order valence-corrected chi connectivity index (χ4v) is 4.66. The number of likely N-dealkylation sites (tertiary alicyclic amines) is 1. The molecule has 1 saturated heterocycles. The third kappa shape index (κ3) is 4.35. The number of nitrogens with zero attached hydrogens (tertiary/aromatic N) is 1. The molecule has 2 aliphatic rings. The predicted molar refractivity (Wildman–Crippen MR) is 103 cm³/mol. The number of rotatable bonds is 8. The van der Waals surface area contributed by atoms with Crippen LogP contribution in [0.1, 0.15) is 44.6 Å². The molecule has 1 aliphatic carbocycles. The number of carboxylic acid groups (broad SMARTS) is 2. The number of carbonyl (C=O) groups is 3. The van der Waals surface area contributed by atoms with Gasteiger partial charge in [-0.15, -0.1) is 0 Å². The van der Waals surface area contributed by atoms with Crippen LogP contribution in [0.4, 0.5) is 0 Å². The van der Waals surface area contributed by atoms with E-state index in [0.717, 1.165) is 24.8 Å². The van der Waals surface area contributed by atoms with E-state index >= 15 is 0 Å². The largest absolute Gasteiger partial charge is 0.480 e. The molecule has 7 heteroatoms. The van der Waals surface area contributed by atoms with Crippen molar-refractivity contribution >= 4 is 17.8 Å². The van der Waals surface area contributed by atoms with Gasteiger partial charge in [-0.3, -0.25) is 14.9 Å². The van der Waals surface area contributed by atoms with Crippen molar-refractivity contribution in [2.24, 2.45) is 5.92 Å². The van der Waals surface area contributed by atoms with E-state index in [9.17, 15) is 24.6 Å². The number of benzene rings is 1. The smallest absolute Gasteiger partial charge is 0.326 e. The normalized spacial score (nSPS) is 25.9. The molecule has 1 heterocycles. The number of hydrogen-bond donors (Lipinski definition) is 3. The Kier molecular flexibility index (Phi) is 6.34. The zero-order valence-corrected chi connectivity index (χ0v) is 16.1. The summed E-state index contributed by atoms with van der Waals surface area (Å²) < 4.78 is 0. The summed E-state index contributed by atoms with van der Waals surface area (Å²) >= 11 is 0. The second-order valence-electron chi connectivity index (χ2n) is 7.90. The minimum atomic E-state index is -1.01.